The smallest absolute Gasteiger partial charge is 0.102 e. The standard InChI is InChI=1S/C11H15ClN2O2/c12-9-3-1-8(2-4-9)11(14-13)10-7-15-5-6-16-10/h1-4,10-11,14H,5-7,13H2. The van der Waals surface area contributed by atoms with E-state index in [0.29, 0.717) is 24.8 Å². The number of nitrogens with two attached hydrogens (primary N) is 1. The Balaban J connectivity index is 2.11. The van der Waals surface area contributed by atoms with E-state index >= 15 is 0 Å². The predicted molar refractivity (Wildman–Crippen MR) is 62.1 cm³/mol. The van der Waals surface area contributed by atoms with Gasteiger partial charge in [0.2, 0.25) is 0 Å². The zero-order valence-corrected chi connectivity index (χ0v) is 9.61. The maximum atomic E-state index is 5.84. The van der Waals surface area contributed by atoms with E-state index < -0.39 is 0 Å². The summed E-state index contributed by atoms with van der Waals surface area (Å²) in [7, 11) is 0. The second-order valence-corrected chi connectivity index (χ2v) is 4.12. The van der Waals surface area contributed by atoms with Gasteiger partial charge >= 0.3 is 0 Å². The van der Waals surface area contributed by atoms with E-state index in [1.54, 1.807) is 0 Å². The van der Waals surface area contributed by atoms with Crippen molar-refractivity contribution in [3.05, 3.63) is 34.9 Å². The van der Waals surface area contributed by atoms with Crippen molar-refractivity contribution in [3.8, 4) is 0 Å². The molecule has 2 atom stereocenters. The first-order valence-electron chi connectivity index (χ1n) is 5.22. The molecule has 16 heavy (non-hydrogen) atoms. The second kappa shape index (κ2) is 5.61. The average Bonchev–Trinajstić information content (AvgIpc) is 2.34. The van der Waals surface area contributed by atoms with Gasteiger partial charge in [0.05, 0.1) is 25.9 Å². The lowest BCUT2D eigenvalue weighted by molar-refractivity contribution is -0.102. The first-order valence-corrected chi connectivity index (χ1v) is 5.60. The fraction of sp³-hybridized carbons (Fsp3) is 0.455. The molecule has 0 radical (unpaired) electrons. The van der Waals surface area contributed by atoms with Gasteiger partial charge in [-0.05, 0) is 17.7 Å². The fourth-order valence-electron chi connectivity index (χ4n) is 1.79. The van der Waals surface area contributed by atoms with Crippen molar-refractivity contribution < 1.29 is 9.47 Å². The Hall–Kier alpha value is -0.650. The van der Waals surface area contributed by atoms with E-state index in [0.717, 1.165) is 5.56 Å². The summed E-state index contributed by atoms with van der Waals surface area (Å²) in [6, 6.07) is 7.48. The zero-order chi connectivity index (χ0) is 11.4. The molecule has 0 bridgehead atoms. The van der Waals surface area contributed by atoms with Crippen molar-refractivity contribution in [1.29, 1.82) is 0 Å². The molecule has 1 fully saturated rings. The Morgan fingerprint density at radius 2 is 2.06 bits per heavy atom. The maximum absolute atomic E-state index is 5.84. The number of ether oxygens (including phenoxy) is 2. The number of rotatable bonds is 3. The summed E-state index contributed by atoms with van der Waals surface area (Å²) < 4.78 is 11.0. The van der Waals surface area contributed by atoms with Crippen molar-refractivity contribution in [1.82, 2.24) is 5.43 Å². The number of hydrogen-bond donors (Lipinski definition) is 2. The SMILES string of the molecule is NNC(c1ccc(Cl)cc1)C1COCCO1. The largest absolute Gasteiger partial charge is 0.376 e. The van der Waals surface area contributed by atoms with E-state index in [9.17, 15) is 0 Å². The Bertz CT molecular complexity index is 325. The Morgan fingerprint density at radius 1 is 1.31 bits per heavy atom. The molecule has 4 nitrogen and oxygen atoms in total. The van der Waals surface area contributed by atoms with Gasteiger partial charge in [0.25, 0.3) is 0 Å². The molecule has 88 valence electrons. The molecule has 1 aliphatic heterocycles. The quantitative estimate of drug-likeness (QED) is 0.619. The van der Waals surface area contributed by atoms with Crippen LogP contribution in [0.25, 0.3) is 0 Å². The van der Waals surface area contributed by atoms with Crippen molar-refractivity contribution in [3.63, 3.8) is 0 Å². The van der Waals surface area contributed by atoms with Crippen LogP contribution in [0.1, 0.15) is 11.6 Å². The Kier molecular flexibility index (Phi) is 4.15. The lowest BCUT2D eigenvalue weighted by atomic mass is 10.0. The number of hydrogen-bond acceptors (Lipinski definition) is 4. The van der Waals surface area contributed by atoms with Crippen LogP contribution in [-0.4, -0.2) is 25.9 Å². The topological polar surface area (TPSA) is 56.5 Å². The summed E-state index contributed by atoms with van der Waals surface area (Å²) in [6.45, 7) is 1.81. The highest BCUT2D eigenvalue weighted by Gasteiger charge is 2.25. The number of hydrazine groups is 1. The molecule has 1 heterocycles. The van der Waals surface area contributed by atoms with Crippen molar-refractivity contribution >= 4 is 11.6 Å². The van der Waals surface area contributed by atoms with E-state index in [1.165, 1.54) is 0 Å². The van der Waals surface area contributed by atoms with E-state index in [2.05, 4.69) is 5.43 Å². The molecule has 5 heteroatoms. The van der Waals surface area contributed by atoms with Crippen molar-refractivity contribution in [2.45, 2.75) is 12.1 Å². The van der Waals surface area contributed by atoms with Gasteiger partial charge in [-0.3, -0.25) is 11.3 Å². The summed E-state index contributed by atoms with van der Waals surface area (Å²) in [6.07, 6.45) is -0.0556. The van der Waals surface area contributed by atoms with Gasteiger partial charge in [-0.15, -0.1) is 0 Å². The molecule has 2 unspecified atom stereocenters. The molecule has 0 aromatic heterocycles. The van der Waals surface area contributed by atoms with Crippen molar-refractivity contribution in [2.75, 3.05) is 19.8 Å². The van der Waals surface area contributed by atoms with Crippen LogP contribution >= 0.6 is 11.6 Å². The lowest BCUT2D eigenvalue weighted by Gasteiger charge is -2.30. The molecular formula is C11H15ClN2O2. The molecule has 1 aromatic rings. The second-order valence-electron chi connectivity index (χ2n) is 3.68. The molecule has 1 aliphatic rings. The number of nitrogens with one attached hydrogen (secondary N) is 1. The third-order valence-corrected chi connectivity index (χ3v) is 2.87. The zero-order valence-electron chi connectivity index (χ0n) is 8.86. The molecule has 2 rings (SSSR count). The summed E-state index contributed by atoms with van der Waals surface area (Å²) in [5, 5.41) is 0.709. The van der Waals surface area contributed by atoms with Crippen LogP contribution in [0.15, 0.2) is 24.3 Å². The number of halogens is 1. The van der Waals surface area contributed by atoms with E-state index in [4.69, 9.17) is 26.9 Å². The first-order chi connectivity index (χ1) is 7.81. The van der Waals surface area contributed by atoms with Crippen LogP contribution in [0.4, 0.5) is 0 Å². The van der Waals surface area contributed by atoms with Crippen molar-refractivity contribution in [2.24, 2.45) is 5.84 Å². The minimum atomic E-state index is -0.0717. The summed E-state index contributed by atoms with van der Waals surface area (Å²) in [4.78, 5) is 0. The average molecular weight is 243 g/mol. The highest BCUT2D eigenvalue weighted by Crippen LogP contribution is 2.22. The minimum absolute atomic E-state index is 0.0556. The molecule has 0 saturated carbocycles. The van der Waals surface area contributed by atoms with Crippen LogP contribution in [0.3, 0.4) is 0 Å². The third-order valence-electron chi connectivity index (χ3n) is 2.62. The van der Waals surface area contributed by atoms with Gasteiger partial charge in [-0.25, -0.2) is 0 Å². The summed E-state index contributed by atoms with van der Waals surface area (Å²) in [5.41, 5.74) is 3.80. The normalized spacial score (nSPS) is 23.0. The maximum Gasteiger partial charge on any atom is 0.102 e. The van der Waals surface area contributed by atoms with Gasteiger partial charge in [-0.1, -0.05) is 23.7 Å². The van der Waals surface area contributed by atoms with Gasteiger partial charge in [-0.2, -0.15) is 0 Å². The Labute approximate surface area is 99.6 Å². The fourth-order valence-corrected chi connectivity index (χ4v) is 1.91. The molecular weight excluding hydrogens is 228 g/mol. The van der Waals surface area contributed by atoms with E-state index in [-0.39, 0.29) is 12.1 Å². The van der Waals surface area contributed by atoms with Gasteiger partial charge < -0.3 is 9.47 Å². The van der Waals surface area contributed by atoms with Crippen LogP contribution in [-0.2, 0) is 9.47 Å². The molecule has 0 amide bonds. The van der Waals surface area contributed by atoms with Gasteiger partial charge in [0, 0.05) is 5.02 Å². The van der Waals surface area contributed by atoms with E-state index in [1.807, 2.05) is 24.3 Å². The van der Waals surface area contributed by atoms with Gasteiger partial charge in [0.15, 0.2) is 0 Å². The molecule has 1 saturated heterocycles. The Morgan fingerprint density at radius 3 is 2.62 bits per heavy atom. The molecule has 0 aliphatic carbocycles. The van der Waals surface area contributed by atoms with Crippen LogP contribution < -0.4 is 11.3 Å². The molecule has 3 N–H and O–H groups in total. The third kappa shape index (κ3) is 2.72. The van der Waals surface area contributed by atoms with Gasteiger partial charge in [0.1, 0.15) is 6.10 Å². The van der Waals surface area contributed by atoms with Crippen LogP contribution in [0, 0.1) is 0 Å². The van der Waals surface area contributed by atoms with Crippen LogP contribution in [0.5, 0.6) is 0 Å². The molecule has 0 spiro atoms. The predicted octanol–water partition coefficient (Wildman–Crippen LogP) is 1.26. The summed E-state index contributed by atoms with van der Waals surface area (Å²) >= 11 is 5.84. The monoisotopic (exact) mass is 242 g/mol. The minimum Gasteiger partial charge on any atom is -0.376 e. The highest BCUT2D eigenvalue weighted by molar-refractivity contribution is 6.30. The summed E-state index contributed by atoms with van der Waals surface area (Å²) in [5.74, 6) is 5.56. The highest BCUT2D eigenvalue weighted by atomic mass is 35.5. The number of benzene rings is 1. The lowest BCUT2D eigenvalue weighted by Crippen LogP contribution is -2.43. The van der Waals surface area contributed by atoms with Crippen LogP contribution in [0.2, 0.25) is 5.02 Å². The first kappa shape index (κ1) is 11.8. The molecule has 1 aromatic carbocycles.